The first-order chi connectivity index (χ1) is 12.5. The first-order valence-corrected chi connectivity index (χ1v) is 12.5. The van der Waals surface area contributed by atoms with Crippen LogP contribution in [0.25, 0.3) is 0 Å². The average molecular weight is 390 g/mol. The topological polar surface area (TPSA) is 72.5 Å². The molecule has 0 spiro atoms. The van der Waals surface area contributed by atoms with Gasteiger partial charge in [0.25, 0.3) is 0 Å². The Hall–Kier alpha value is -0.780. The smallest absolute Gasteiger partial charge is 0.407 e. The van der Waals surface area contributed by atoms with Gasteiger partial charge in [0.05, 0.1) is 18.1 Å². The van der Waals surface area contributed by atoms with Crippen LogP contribution in [-0.4, -0.2) is 38.7 Å². The second-order valence-corrected chi connectivity index (χ2v) is 9.85. The molecule has 1 heterocycles. The Balaban J connectivity index is 1.80. The molecule has 1 saturated heterocycles. The predicted molar refractivity (Wildman–Crippen MR) is 107 cm³/mol. The number of ether oxygens (including phenoxy) is 1. The standard InChI is InChI=1S/C20H39NO4S/c1-2-3-4-5-6-7-8-9-10-11-12-13-14-16-25-20(22)21-19-15-17-26(23,24)18-19/h19H,2-18H2,1H3,(H,21,22). The molecule has 1 aliphatic rings. The van der Waals surface area contributed by atoms with Crippen molar-refractivity contribution in [1.82, 2.24) is 5.32 Å². The fourth-order valence-electron chi connectivity index (χ4n) is 3.40. The van der Waals surface area contributed by atoms with E-state index in [2.05, 4.69) is 12.2 Å². The zero-order valence-corrected chi connectivity index (χ0v) is 17.5. The lowest BCUT2D eigenvalue weighted by molar-refractivity contribution is 0.141. The molecule has 6 heteroatoms. The van der Waals surface area contributed by atoms with E-state index in [9.17, 15) is 13.2 Å². The molecule has 1 rings (SSSR count). The van der Waals surface area contributed by atoms with Crippen molar-refractivity contribution in [3.8, 4) is 0 Å². The van der Waals surface area contributed by atoms with Gasteiger partial charge in [-0.15, -0.1) is 0 Å². The summed E-state index contributed by atoms with van der Waals surface area (Å²) in [5.41, 5.74) is 0. The van der Waals surface area contributed by atoms with Crippen molar-refractivity contribution in [2.45, 2.75) is 103 Å². The number of rotatable bonds is 15. The number of alkyl carbamates (subject to hydrolysis) is 1. The highest BCUT2D eigenvalue weighted by Crippen LogP contribution is 2.13. The minimum Gasteiger partial charge on any atom is -0.450 e. The van der Waals surface area contributed by atoms with Crippen molar-refractivity contribution in [1.29, 1.82) is 0 Å². The van der Waals surface area contributed by atoms with Crippen LogP contribution < -0.4 is 5.32 Å². The summed E-state index contributed by atoms with van der Waals surface area (Å²) in [7, 11) is -2.96. The number of hydrogen-bond acceptors (Lipinski definition) is 4. The highest BCUT2D eigenvalue weighted by molar-refractivity contribution is 7.91. The van der Waals surface area contributed by atoms with E-state index in [0.717, 1.165) is 12.8 Å². The first-order valence-electron chi connectivity index (χ1n) is 10.7. The van der Waals surface area contributed by atoms with Crippen LogP contribution in [0.15, 0.2) is 0 Å². The highest BCUT2D eigenvalue weighted by Gasteiger charge is 2.29. The maximum Gasteiger partial charge on any atom is 0.407 e. The van der Waals surface area contributed by atoms with E-state index in [4.69, 9.17) is 4.74 Å². The summed E-state index contributed by atoms with van der Waals surface area (Å²) in [4.78, 5) is 11.6. The maximum absolute atomic E-state index is 11.6. The van der Waals surface area contributed by atoms with E-state index in [1.165, 1.54) is 70.6 Å². The summed E-state index contributed by atoms with van der Waals surface area (Å²) in [5.74, 6) is 0.206. The molecule has 0 bridgehead atoms. The number of unbranched alkanes of at least 4 members (excludes halogenated alkanes) is 12. The van der Waals surface area contributed by atoms with Gasteiger partial charge in [0, 0.05) is 6.04 Å². The molecule has 0 saturated carbocycles. The summed E-state index contributed by atoms with van der Waals surface area (Å²) < 4.78 is 27.8. The average Bonchev–Trinajstić information content (AvgIpc) is 2.93. The summed E-state index contributed by atoms with van der Waals surface area (Å²) in [6.45, 7) is 2.68. The van der Waals surface area contributed by atoms with Crippen LogP contribution in [0, 0.1) is 0 Å². The Morgan fingerprint density at radius 2 is 1.38 bits per heavy atom. The Labute approximate surface area is 160 Å². The molecule has 0 aromatic rings. The van der Waals surface area contributed by atoms with Gasteiger partial charge in [-0.25, -0.2) is 13.2 Å². The van der Waals surface area contributed by atoms with Gasteiger partial charge in [-0.2, -0.15) is 0 Å². The van der Waals surface area contributed by atoms with Crippen molar-refractivity contribution in [3.05, 3.63) is 0 Å². The van der Waals surface area contributed by atoms with E-state index in [-0.39, 0.29) is 17.5 Å². The highest BCUT2D eigenvalue weighted by atomic mass is 32.2. The van der Waals surface area contributed by atoms with Crippen LogP contribution in [0.2, 0.25) is 0 Å². The van der Waals surface area contributed by atoms with Gasteiger partial charge in [0.2, 0.25) is 0 Å². The molecule has 1 N–H and O–H groups in total. The molecule has 0 radical (unpaired) electrons. The van der Waals surface area contributed by atoms with Crippen LogP contribution in [-0.2, 0) is 14.6 Å². The molecule has 154 valence electrons. The molecule has 5 nitrogen and oxygen atoms in total. The zero-order valence-electron chi connectivity index (χ0n) is 16.6. The number of carbonyl (C=O) groups is 1. The fourth-order valence-corrected chi connectivity index (χ4v) is 5.08. The number of carbonyl (C=O) groups excluding carboxylic acids is 1. The van der Waals surface area contributed by atoms with Crippen LogP contribution in [0.5, 0.6) is 0 Å². The summed E-state index contributed by atoms with van der Waals surface area (Å²) >= 11 is 0. The molecule has 1 aliphatic heterocycles. The molecule has 0 aromatic heterocycles. The molecular formula is C20H39NO4S. The van der Waals surface area contributed by atoms with Crippen LogP contribution in [0.1, 0.15) is 96.8 Å². The molecule has 0 aliphatic carbocycles. The second kappa shape index (κ2) is 14.3. The molecule has 1 amide bonds. The van der Waals surface area contributed by atoms with Gasteiger partial charge in [0.15, 0.2) is 9.84 Å². The van der Waals surface area contributed by atoms with Crippen LogP contribution in [0.4, 0.5) is 4.79 Å². The minimum absolute atomic E-state index is 0.0425. The van der Waals surface area contributed by atoms with E-state index in [1.807, 2.05) is 0 Å². The molecule has 1 atom stereocenters. The first kappa shape index (κ1) is 23.3. The maximum atomic E-state index is 11.6. The lowest BCUT2D eigenvalue weighted by Crippen LogP contribution is -2.36. The zero-order chi connectivity index (χ0) is 19.1. The fraction of sp³-hybridized carbons (Fsp3) is 0.950. The third-order valence-electron chi connectivity index (χ3n) is 5.04. The number of nitrogens with one attached hydrogen (secondary N) is 1. The monoisotopic (exact) mass is 389 g/mol. The third-order valence-corrected chi connectivity index (χ3v) is 6.80. The second-order valence-electron chi connectivity index (χ2n) is 7.62. The summed E-state index contributed by atoms with van der Waals surface area (Å²) in [5, 5.41) is 2.64. The number of sulfone groups is 1. The van der Waals surface area contributed by atoms with E-state index >= 15 is 0 Å². The lowest BCUT2D eigenvalue weighted by Gasteiger charge is -2.11. The largest absolute Gasteiger partial charge is 0.450 e. The quantitative estimate of drug-likeness (QED) is 0.400. The Kier molecular flexibility index (Phi) is 12.8. The van der Waals surface area contributed by atoms with Gasteiger partial charge in [-0.3, -0.25) is 0 Å². The van der Waals surface area contributed by atoms with E-state index in [0.29, 0.717) is 13.0 Å². The van der Waals surface area contributed by atoms with E-state index in [1.54, 1.807) is 0 Å². The lowest BCUT2D eigenvalue weighted by atomic mass is 10.0. The molecular weight excluding hydrogens is 350 g/mol. The minimum atomic E-state index is -2.96. The van der Waals surface area contributed by atoms with Crippen LogP contribution >= 0.6 is 0 Å². The summed E-state index contributed by atoms with van der Waals surface area (Å²) in [6, 6.07) is -0.279. The van der Waals surface area contributed by atoms with Crippen molar-refractivity contribution in [2.24, 2.45) is 0 Å². The van der Waals surface area contributed by atoms with Crippen molar-refractivity contribution >= 4 is 15.9 Å². The Morgan fingerprint density at radius 3 is 1.85 bits per heavy atom. The van der Waals surface area contributed by atoms with Gasteiger partial charge in [-0.05, 0) is 12.8 Å². The SMILES string of the molecule is CCCCCCCCCCCCCCCOC(=O)NC1CCS(=O)(=O)C1. The van der Waals surface area contributed by atoms with Gasteiger partial charge in [-0.1, -0.05) is 84.0 Å². The van der Waals surface area contributed by atoms with Gasteiger partial charge >= 0.3 is 6.09 Å². The Morgan fingerprint density at radius 1 is 0.885 bits per heavy atom. The number of hydrogen-bond donors (Lipinski definition) is 1. The molecule has 26 heavy (non-hydrogen) atoms. The summed E-state index contributed by atoms with van der Waals surface area (Å²) in [6.07, 6.45) is 16.8. The van der Waals surface area contributed by atoms with Crippen LogP contribution in [0.3, 0.4) is 0 Å². The third kappa shape index (κ3) is 12.6. The van der Waals surface area contributed by atoms with Gasteiger partial charge in [0.1, 0.15) is 0 Å². The molecule has 1 unspecified atom stereocenters. The predicted octanol–water partition coefficient (Wildman–Crippen LogP) is 4.99. The normalized spacial score (nSPS) is 18.7. The van der Waals surface area contributed by atoms with Crippen molar-refractivity contribution in [3.63, 3.8) is 0 Å². The molecule has 0 aromatic carbocycles. The van der Waals surface area contributed by atoms with Gasteiger partial charge < -0.3 is 10.1 Å². The van der Waals surface area contributed by atoms with Crippen molar-refractivity contribution < 1.29 is 17.9 Å². The van der Waals surface area contributed by atoms with Crippen molar-refractivity contribution in [2.75, 3.05) is 18.1 Å². The number of amides is 1. The Bertz CT molecular complexity index is 464. The van der Waals surface area contributed by atoms with E-state index < -0.39 is 15.9 Å². The molecule has 1 fully saturated rings.